The van der Waals surface area contributed by atoms with Crippen LogP contribution in [0.1, 0.15) is 30.1 Å². The van der Waals surface area contributed by atoms with Gasteiger partial charge < -0.3 is 10.4 Å². The molecule has 0 saturated heterocycles. The molecule has 2 N–H and O–H groups in total. The molecule has 0 fully saturated rings. The number of hydrogen-bond donors (Lipinski definition) is 2. The molecule has 3 heteroatoms. The Hall–Kier alpha value is -1.35. The van der Waals surface area contributed by atoms with Gasteiger partial charge in [-0.25, -0.2) is 0 Å². The van der Waals surface area contributed by atoms with Crippen molar-refractivity contribution in [3.05, 3.63) is 70.7 Å². The highest BCUT2D eigenvalue weighted by Gasteiger charge is 2.11. The molecule has 2 nitrogen and oxygen atoms in total. The average molecular weight is 290 g/mol. The van der Waals surface area contributed by atoms with E-state index in [1.54, 1.807) is 6.07 Å². The molecule has 2 unspecified atom stereocenters. The molecule has 0 aliphatic carbocycles. The van der Waals surface area contributed by atoms with Crippen LogP contribution in [0.3, 0.4) is 0 Å². The average Bonchev–Trinajstić information content (AvgIpc) is 2.48. The minimum Gasteiger partial charge on any atom is -0.387 e. The van der Waals surface area contributed by atoms with Crippen LogP contribution >= 0.6 is 11.6 Å². The summed E-state index contributed by atoms with van der Waals surface area (Å²) in [6, 6.07) is 17.8. The van der Waals surface area contributed by atoms with E-state index in [2.05, 4.69) is 24.4 Å². The third-order valence-corrected chi connectivity index (χ3v) is 3.77. The molecule has 106 valence electrons. The van der Waals surface area contributed by atoms with Crippen molar-refractivity contribution >= 4 is 11.6 Å². The van der Waals surface area contributed by atoms with E-state index in [1.165, 1.54) is 5.56 Å². The second-order valence-electron chi connectivity index (χ2n) is 5.01. The predicted octanol–water partition coefficient (Wildman–Crippen LogP) is 3.77. The minimum atomic E-state index is -0.577. The van der Waals surface area contributed by atoms with Gasteiger partial charge in [-0.1, -0.05) is 67.1 Å². The Balaban J connectivity index is 1.83. The van der Waals surface area contributed by atoms with Gasteiger partial charge in [-0.15, -0.1) is 0 Å². The quantitative estimate of drug-likeness (QED) is 0.848. The molecule has 0 aromatic heterocycles. The maximum Gasteiger partial charge on any atom is 0.0928 e. The van der Waals surface area contributed by atoms with Gasteiger partial charge in [0.05, 0.1) is 6.10 Å². The largest absolute Gasteiger partial charge is 0.387 e. The zero-order valence-corrected chi connectivity index (χ0v) is 12.3. The number of aliphatic hydroxyl groups excluding tert-OH is 1. The fourth-order valence-electron chi connectivity index (χ4n) is 2.19. The number of rotatable bonds is 6. The smallest absolute Gasteiger partial charge is 0.0928 e. The summed E-state index contributed by atoms with van der Waals surface area (Å²) in [5, 5.41) is 14.0. The van der Waals surface area contributed by atoms with Crippen LogP contribution < -0.4 is 5.32 Å². The molecule has 0 aliphatic rings. The van der Waals surface area contributed by atoms with Crippen molar-refractivity contribution in [2.24, 2.45) is 0 Å². The first-order valence-electron chi connectivity index (χ1n) is 6.86. The molecule has 2 atom stereocenters. The molecule has 2 aromatic rings. The molecule has 0 spiro atoms. The Morgan fingerprint density at radius 1 is 1.00 bits per heavy atom. The normalized spacial score (nSPS) is 13.9. The first kappa shape index (κ1) is 15.0. The third kappa shape index (κ3) is 4.07. The van der Waals surface area contributed by atoms with E-state index < -0.39 is 6.10 Å². The number of benzene rings is 2. The van der Waals surface area contributed by atoms with E-state index in [1.807, 2.05) is 36.4 Å². The maximum atomic E-state index is 10.1. The Morgan fingerprint density at radius 3 is 2.35 bits per heavy atom. The topological polar surface area (TPSA) is 32.3 Å². The van der Waals surface area contributed by atoms with E-state index in [4.69, 9.17) is 11.6 Å². The van der Waals surface area contributed by atoms with Crippen LogP contribution in [-0.4, -0.2) is 18.2 Å². The van der Waals surface area contributed by atoms with Gasteiger partial charge in [0.25, 0.3) is 0 Å². The van der Waals surface area contributed by atoms with Gasteiger partial charge in [-0.05, 0) is 17.5 Å². The third-order valence-electron chi connectivity index (χ3n) is 3.42. The van der Waals surface area contributed by atoms with Crippen LogP contribution in [0, 0.1) is 0 Å². The second-order valence-corrected chi connectivity index (χ2v) is 5.41. The highest BCUT2D eigenvalue weighted by molar-refractivity contribution is 6.31. The fourth-order valence-corrected chi connectivity index (χ4v) is 2.45. The van der Waals surface area contributed by atoms with Crippen LogP contribution in [0.25, 0.3) is 0 Å². The van der Waals surface area contributed by atoms with Crippen LogP contribution in [0.5, 0.6) is 0 Å². The van der Waals surface area contributed by atoms with Crippen molar-refractivity contribution in [3.63, 3.8) is 0 Å². The lowest BCUT2D eigenvalue weighted by Crippen LogP contribution is -2.25. The SMILES string of the molecule is CC(CNCC(O)c1ccccc1Cl)c1ccccc1. The van der Waals surface area contributed by atoms with Gasteiger partial charge in [0.2, 0.25) is 0 Å². The monoisotopic (exact) mass is 289 g/mol. The van der Waals surface area contributed by atoms with Crippen molar-refractivity contribution in [2.75, 3.05) is 13.1 Å². The van der Waals surface area contributed by atoms with E-state index in [9.17, 15) is 5.11 Å². The van der Waals surface area contributed by atoms with E-state index >= 15 is 0 Å². The van der Waals surface area contributed by atoms with Gasteiger partial charge in [0, 0.05) is 23.7 Å². The predicted molar refractivity (Wildman–Crippen MR) is 84.1 cm³/mol. The van der Waals surface area contributed by atoms with Crippen LogP contribution in [-0.2, 0) is 0 Å². The van der Waals surface area contributed by atoms with Crippen molar-refractivity contribution < 1.29 is 5.11 Å². The van der Waals surface area contributed by atoms with Gasteiger partial charge in [-0.3, -0.25) is 0 Å². The number of aliphatic hydroxyl groups is 1. The van der Waals surface area contributed by atoms with Gasteiger partial charge in [0.15, 0.2) is 0 Å². The standard InChI is InChI=1S/C17H20ClNO/c1-13(14-7-3-2-4-8-14)11-19-12-17(20)15-9-5-6-10-16(15)18/h2-10,13,17,19-20H,11-12H2,1H3. The van der Waals surface area contributed by atoms with Crippen molar-refractivity contribution in [2.45, 2.75) is 18.9 Å². The Morgan fingerprint density at radius 2 is 1.65 bits per heavy atom. The molecule has 0 bridgehead atoms. The minimum absolute atomic E-state index is 0.412. The Labute approximate surface area is 125 Å². The first-order valence-corrected chi connectivity index (χ1v) is 7.24. The van der Waals surface area contributed by atoms with Crippen molar-refractivity contribution in [3.8, 4) is 0 Å². The van der Waals surface area contributed by atoms with Gasteiger partial charge in [0.1, 0.15) is 0 Å². The molecular weight excluding hydrogens is 270 g/mol. The Kier molecular flexibility index (Phi) is 5.60. The summed E-state index contributed by atoms with van der Waals surface area (Å²) >= 11 is 6.07. The molecule has 0 heterocycles. The molecular formula is C17H20ClNO. The maximum absolute atomic E-state index is 10.1. The molecule has 0 aliphatic heterocycles. The lowest BCUT2D eigenvalue weighted by molar-refractivity contribution is 0.174. The lowest BCUT2D eigenvalue weighted by Gasteiger charge is -2.16. The highest BCUT2D eigenvalue weighted by atomic mass is 35.5. The van der Waals surface area contributed by atoms with Gasteiger partial charge >= 0.3 is 0 Å². The van der Waals surface area contributed by atoms with Crippen LogP contribution in [0.4, 0.5) is 0 Å². The summed E-state index contributed by atoms with van der Waals surface area (Å²) in [4.78, 5) is 0. The first-order chi connectivity index (χ1) is 9.68. The van der Waals surface area contributed by atoms with Crippen molar-refractivity contribution in [1.82, 2.24) is 5.32 Å². The summed E-state index contributed by atoms with van der Waals surface area (Å²) in [6.07, 6.45) is -0.577. The number of nitrogens with one attached hydrogen (secondary N) is 1. The molecule has 20 heavy (non-hydrogen) atoms. The zero-order chi connectivity index (χ0) is 14.4. The summed E-state index contributed by atoms with van der Waals surface area (Å²) in [7, 11) is 0. The molecule has 0 radical (unpaired) electrons. The lowest BCUT2D eigenvalue weighted by atomic mass is 10.0. The zero-order valence-electron chi connectivity index (χ0n) is 11.6. The highest BCUT2D eigenvalue weighted by Crippen LogP contribution is 2.22. The van der Waals surface area contributed by atoms with E-state index in [0.29, 0.717) is 17.5 Å². The molecule has 0 saturated carbocycles. The van der Waals surface area contributed by atoms with Crippen LogP contribution in [0.2, 0.25) is 5.02 Å². The number of halogens is 1. The number of hydrogen-bond acceptors (Lipinski definition) is 2. The van der Waals surface area contributed by atoms with E-state index in [-0.39, 0.29) is 0 Å². The van der Waals surface area contributed by atoms with E-state index in [0.717, 1.165) is 12.1 Å². The molecule has 0 amide bonds. The summed E-state index contributed by atoms with van der Waals surface area (Å²) in [6.45, 7) is 3.50. The molecule has 2 rings (SSSR count). The summed E-state index contributed by atoms with van der Waals surface area (Å²) in [5.41, 5.74) is 2.07. The fraction of sp³-hybridized carbons (Fsp3) is 0.294. The van der Waals surface area contributed by atoms with Crippen molar-refractivity contribution in [1.29, 1.82) is 0 Å². The summed E-state index contributed by atoms with van der Waals surface area (Å²) < 4.78 is 0. The van der Waals surface area contributed by atoms with Gasteiger partial charge in [-0.2, -0.15) is 0 Å². The molecule has 2 aromatic carbocycles. The van der Waals surface area contributed by atoms with Crippen LogP contribution in [0.15, 0.2) is 54.6 Å². The second kappa shape index (κ2) is 7.44. The Bertz CT molecular complexity index is 530. The summed E-state index contributed by atoms with van der Waals surface area (Å²) in [5.74, 6) is 0.412.